The fourth-order valence-electron chi connectivity index (χ4n) is 3.82. The molecule has 2 aliphatic carbocycles. The summed E-state index contributed by atoms with van der Waals surface area (Å²) in [6, 6.07) is 0. The van der Waals surface area contributed by atoms with E-state index in [1.807, 2.05) is 0 Å². The first-order chi connectivity index (χ1) is 9.08. The first-order valence-corrected chi connectivity index (χ1v) is 7.20. The zero-order chi connectivity index (χ0) is 13.5. The lowest BCUT2D eigenvalue weighted by Crippen LogP contribution is -2.50. The van der Waals surface area contributed by atoms with Crippen LogP contribution in [0.1, 0.15) is 44.9 Å². The van der Waals surface area contributed by atoms with Gasteiger partial charge in [0.05, 0.1) is 12.2 Å². The number of aliphatic carboxylic acids is 1. The normalized spacial score (nSPS) is 33.6. The van der Waals surface area contributed by atoms with E-state index in [0.29, 0.717) is 25.3 Å². The van der Waals surface area contributed by atoms with Crippen molar-refractivity contribution in [1.29, 1.82) is 0 Å². The van der Waals surface area contributed by atoms with E-state index in [4.69, 9.17) is 9.84 Å². The molecule has 1 saturated heterocycles. The number of fused-ring (bicyclic) bond motifs is 2. The van der Waals surface area contributed by atoms with Gasteiger partial charge in [-0.3, -0.25) is 9.59 Å². The molecule has 0 bridgehead atoms. The second-order valence-electron chi connectivity index (χ2n) is 6.24. The van der Waals surface area contributed by atoms with Gasteiger partial charge in [0, 0.05) is 24.8 Å². The average molecular weight is 267 g/mol. The third kappa shape index (κ3) is 2.04. The lowest BCUT2D eigenvalue weighted by Gasteiger charge is -2.45. The second kappa shape index (κ2) is 4.47. The van der Waals surface area contributed by atoms with Crippen LogP contribution in [-0.2, 0) is 14.3 Å². The van der Waals surface area contributed by atoms with Gasteiger partial charge in [-0.25, -0.2) is 0 Å². The van der Waals surface area contributed by atoms with E-state index in [2.05, 4.69) is 5.32 Å². The highest BCUT2D eigenvalue weighted by molar-refractivity contribution is 5.76. The van der Waals surface area contributed by atoms with Crippen LogP contribution in [0.15, 0.2) is 0 Å². The number of nitrogens with one attached hydrogen (secondary N) is 1. The summed E-state index contributed by atoms with van der Waals surface area (Å²) in [7, 11) is 0. The Balaban J connectivity index is 1.45. The van der Waals surface area contributed by atoms with Gasteiger partial charge in [-0.15, -0.1) is 0 Å². The van der Waals surface area contributed by atoms with Crippen molar-refractivity contribution >= 4 is 11.9 Å². The maximum Gasteiger partial charge on any atom is 0.303 e. The number of amides is 1. The summed E-state index contributed by atoms with van der Waals surface area (Å²) in [6.45, 7) is 1.57. The molecule has 19 heavy (non-hydrogen) atoms. The quantitative estimate of drug-likeness (QED) is 0.761. The highest BCUT2D eigenvalue weighted by atomic mass is 16.5. The Morgan fingerprint density at radius 2 is 2.11 bits per heavy atom. The molecule has 5 heteroatoms. The zero-order valence-corrected chi connectivity index (χ0v) is 11.1. The molecule has 5 nitrogen and oxygen atoms in total. The molecule has 3 rings (SSSR count). The number of ether oxygens (including phenoxy) is 1. The van der Waals surface area contributed by atoms with Gasteiger partial charge in [0.2, 0.25) is 5.91 Å². The van der Waals surface area contributed by atoms with Crippen LogP contribution < -0.4 is 5.32 Å². The maximum atomic E-state index is 11.7. The predicted octanol–water partition coefficient (Wildman–Crippen LogP) is 1.32. The van der Waals surface area contributed by atoms with Gasteiger partial charge in [0.25, 0.3) is 0 Å². The van der Waals surface area contributed by atoms with Gasteiger partial charge in [-0.2, -0.15) is 0 Å². The minimum Gasteiger partial charge on any atom is -0.481 e. The molecule has 0 aromatic heterocycles. The minimum atomic E-state index is -0.841. The molecular formula is C14H21NO4. The molecule has 3 fully saturated rings. The summed E-state index contributed by atoms with van der Waals surface area (Å²) in [5, 5.41) is 11.5. The summed E-state index contributed by atoms with van der Waals surface area (Å²) in [6.07, 6.45) is 5.48. The summed E-state index contributed by atoms with van der Waals surface area (Å²) in [4.78, 5) is 22.1. The first-order valence-electron chi connectivity index (χ1n) is 7.20. The van der Waals surface area contributed by atoms with Crippen molar-refractivity contribution < 1.29 is 19.4 Å². The molecule has 3 aliphatic rings. The number of hydrogen-bond acceptors (Lipinski definition) is 3. The topological polar surface area (TPSA) is 75.6 Å². The number of carboxylic acid groups (broad SMARTS) is 1. The molecule has 1 aliphatic heterocycles. The van der Waals surface area contributed by atoms with E-state index >= 15 is 0 Å². The number of hydrogen-bond donors (Lipinski definition) is 2. The van der Waals surface area contributed by atoms with E-state index in [-0.39, 0.29) is 23.3 Å². The largest absolute Gasteiger partial charge is 0.481 e. The van der Waals surface area contributed by atoms with Crippen molar-refractivity contribution in [2.24, 2.45) is 11.3 Å². The third-order valence-corrected chi connectivity index (χ3v) is 5.26. The Labute approximate surface area is 112 Å². The van der Waals surface area contributed by atoms with Crippen LogP contribution in [0.25, 0.3) is 0 Å². The van der Waals surface area contributed by atoms with Crippen LogP contribution >= 0.6 is 0 Å². The lowest BCUT2D eigenvalue weighted by molar-refractivity contribution is -0.137. The van der Waals surface area contributed by atoms with Crippen LogP contribution in [0.2, 0.25) is 0 Å². The van der Waals surface area contributed by atoms with Crippen LogP contribution in [0.3, 0.4) is 0 Å². The molecule has 1 amide bonds. The van der Waals surface area contributed by atoms with E-state index in [9.17, 15) is 9.59 Å². The standard InChI is InChI=1S/C14H21NO4/c16-11(3-1-4-12(17)18)15-9-13-7-10(13)8-19-14(13)5-2-6-14/h10H,1-9H2,(H,15,16)(H,17,18). The summed E-state index contributed by atoms with van der Waals surface area (Å²) in [5.41, 5.74) is 0.264. The van der Waals surface area contributed by atoms with Crippen LogP contribution in [0.5, 0.6) is 0 Å². The maximum absolute atomic E-state index is 11.7. The van der Waals surface area contributed by atoms with Crippen LogP contribution in [0.4, 0.5) is 0 Å². The molecule has 0 radical (unpaired) electrons. The number of carbonyl (C=O) groups excluding carboxylic acids is 1. The Hall–Kier alpha value is -1.10. The van der Waals surface area contributed by atoms with Crippen molar-refractivity contribution in [3.8, 4) is 0 Å². The highest BCUT2D eigenvalue weighted by Crippen LogP contribution is 2.70. The van der Waals surface area contributed by atoms with Gasteiger partial charge in [-0.1, -0.05) is 0 Å². The summed E-state index contributed by atoms with van der Waals surface area (Å²) in [5.74, 6) is -0.235. The van der Waals surface area contributed by atoms with E-state index in [0.717, 1.165) is 19.4 Å². The minimum absolute atomic E-state index is 0.0253. The Kier molecular flexibility index (Phi) is 3.04. The summed E-state index contributed by atoms with van der Waals surface area (Å²) < 4.78 is 5.96. The predicted molar refractivity (Wildman–Crippen MR) is 67.6 cm³/mol. The van der Waals surface area contributed by atoms with Gasteiger partial charge in [0.15, 0.2) is 0 Å². The monoisotopic (exact) mass is 267 g/mol. The number of carbonyl (C=O) groups is 2. The van der Waals surface area contributed by atoms with Crippen molar-refractivity contribution in [1.82, 2.24) is 5.32 Å². The number of rotatable bonds is 6. The van der Waals surface area contributed by atoms with Crippen molar-refractivity contribution in [2.45, 2.75) is 50.5 Å². The van der Waals surface area contributed by atoms with E-state index in [1.54, 1.807) is 0 Å². The molecule has 106 valence electrons. The van der Waals surface area contributed by atoms with Gasteiger partial charge in [-0.05, 0) is 38.0 Å². The van der Waals surface area contributed by atoms with Crippen molar-refractivity contribution in [2.75, 3.05) is 13.2 Å². The molecule has 0 aromatic carbocycles. The second-order valence-corrected chi connectivity index (χ2v) is 6.24. The molecule has 2 atom stereocenters. The molecule has 1 heterocycles. The Bertz CT molecular complexity index is 404. The Morgan fingerprint density at radius 1 is 1.32 bits per heavy atom. The first kappa shape index (κ1) is 12.9. The molecule has 0 aromatic rings. The molecule has 1 spiro atoms. The van der Waals surface area contributed by atoms with E-state index < -0.39 is 5.97 Å². The van der Waals surface area contributed by atoms with Crippen molar-refractivity contribution in [3.05, 3.63) is 0 Å². The zero-order valence-electron chi connectivity index (χ0n) is 11.1. The summed E-state index contributed by atoms with van der Waals surface area (Å²) >= 11 is 0. The fraction of sp³-hybridized carbons (Fsp3) is 0.857. The molecule has 2 saturated carbocycles. The van der Waals surface area contributed by atoms with Gasteiger partial charge in [0.1, 0.15) is 0 Å². The van der Waals surface area contributed by atoms with Gasteiger partial charge >= 0.3 is 5.97 Å². The van der Waals surface area contributed by atoms with Gasteiger partial charge < -0.3 is 15.2 Å². The third-order valence-electron chi connectivity index (χ3n) is 5.26. The van der Waals surface area contributed by atoms with E-state index in [1.165, 1.54) is 12.8 Å². The smallest absolute Gasteiger partial charge is 0.303 e. The highest BCUT2D eigenvalue weighted by Gasteiger charge is 2.73. The SMILES string of the molecule is O=C(O)CCCC(=O)NCC12CC1COC21CCC1. The van der Waals surface area contributed by atoms with Crippen LogP contribution in [0, 0.1) is 11.3 Å². The van der Waals surface area contributed by atoms with Crippen molar-refractivity contribution in [3.63, 3.8) is 0 Å². The molecule has 2 unspecified atom stereocenters. The van der Waals surface area contributed by atoms with Crippen LogP contribution in [-0.4, -0.2) is 35.7 Å². The number of carboxylic acids is 1. The fourth-order valence-corrected chi connectivity index (χ4v) is 3.82. The molecular weight excluding hydrogens is 246 g/mol. The molecule has 2 N–H and O–H groups in total. The average Bonchev–Trinajstić information content (AvgIpc) is 2.92. The Morgan fingerprint density at radius 3 is 2.68 bits per heavy atom. The lowest BCUT2D eigenvalue weighted by atomic mass is 9.68.